The minimum atomic E-state index is -5.07. The quantitative estimate of drug-likeness (QED) is 0.254. The summed E-state index contributed by atoms with van der Waals surface area (Å²) in [6.45, 7) is 2.33. The van der Waals surface area contributed by atoms with E-state index < -0.39 is 80.0 Å². The number of nitrogens with zero attached hydrogens (tertiary/aromatic N) is 3. The summed E-state index contributed by atoms with van der Waals surface area (Å²) < 4.78 is 123. The van der Waals surface area contributed by atoms with Gasteiger partial charge in [-0.1, -0.05) is 12.1 Å². The van der Waals surface area contributed by atoms with Crippen LogP contribution in [0, 0.1) is 5.82 Å². The molecule has 0 radical (unpaired) electrons. The third-order valence-corrected chi connectivity index (χ3v) is 7.48. The second-order valence-electron chi connectivity index (χ2n) is 9.64. The van der Waals surface area contributed by atoms with Gasteiger partial charge in [0.05, 0.1) is 34.5 Å². The van der Waals surface area contributed by atoms with Crippen molar-refractivity contribution in [2.45, 2.75) is 36.6 Å². The van der Waals surface area contributed by atoms with Crippen LogP contribution < -0.4 is 10.0 Å². The molecule has 0 bridgehead atoms. The molecule has 0 spiro atoms. The molecule has 4 aromatic rings. The van der Waals surface area contributed by atoms with E-state index in [-0.39, 0.29) is 10.6 Å². The van der Waals surface area contributed by atoms with Crippen molar-refractivity contribution in [1.29, 1.82) is 0 Å². The number of sulfonamides is 1. The molecule has 0 saturated carbocycles. The third kappa shape index (κ3) is 6.37. The fourth-order valence-corrected chi connectivity index (χ4v) is 5.22. The van der Waals surface area contributed by atoms with Gasteiger partial charge in [0.15, 0.2) is 11.3 Å². The Kier molecular flexibility index (Phi) is 7.81. The first-order valence-electron chi connectivity index (χ1n) is 11.7. The Balaban J connectivity index is 1.75. The Hall–Kier alpha value is -4.09. The van der Waals surface area contributed by atoms with E-state index in [9.17, 15) is 49.1 Å². The number of amides is 1. The monoisotopic (exact) mass is 619 g/mol. The lowest BCUT2D eigenvalue weighted by Gasteiger charge is -2.23. The second-order valence-corrected chi connectivity index (χ2v) is 11.3. The molecule has 9 nitrogen and oxygen atoms in total. The summed E-state index contributed by atoms with van der Waals surface area (Å²) in [6.07, 6.45) is -9.36. The molecule has 17 heteroatoms. The van der Waals surface area contributed by atoms with E-state index in [0.29, 0.717) is 22.7 Å². The fourth-order valence-electron chi connectivity index (χ4n) is 3.77. The van der Waals surface area contributed by atoms with Gasteiger partial charge in [-0.25, -0.2) is 27.0 Å². The number of alkyl halides is 6. The largest absolute Gasteiger partial charge is 0.433 e. The van der Waals surface area contributed by atoms with Gasteiger partial charge < -0.3 is 10.4 Å². The molecule has 0 saturated heterocycles. The number of carbonyl (C=O) groups is 1. The van der Waals surface area contributed by atoms with Crippen LogP contribution in [-0.2, 0) is 22.4 Å². The first kappa shape index (κ1) is 30.9. The summed E-state index contributed by atoms with van der Waals surface area (Å²) >= 11 is 0. The van der Waals surface area contributed by atoms with Crippen molar-refractivity contribution < 1.29 is 49.1 Å². The number of rotatable bonds is 7. The Morgan fingerprint density at radius 3 is 2.29 bits per heavy atom. The molecule has 0 atom stereocenters. The molecule has 42 heavy (non-hydrogen) atoms. The van der Waals surface area contributed by atoms with Gasteiger partial charge in [-0.3, -0.25) is 4.79 Å². The Bertz CT molecular complexity index is 1780. The van der Waals surface area contributed by atoms with E-state index in [1.54, 1.807) is 0 Å². The van der Waals surface area contributed by atoms with Crippen LogP contribution in [0.3, 0.4) is 0 Å². The highest BCUT2D eigenvalue weighted by molar-refractivity contribution is 7.89. The normalized spacial score (nSPS) is 13.0. The molecule has 224 valence electrons. The summed E-state index contributed by atoms with van der Waals surface area (Å²) in [6, 6.07) is 6.74. The zero-order chi connectivity index (χ0) is 31.3. The van der Waals surface area contributed by atoms with Crippen molar-refractivity contribution in [3.63, 3.8) is 0 Å². The van der Waals surface area contributed by atoms with Gasteiger partial charge >= 0.3 is 12.4 Å². The number of fused-ring (bicyclic) bond motifs is 1. The third-order valence-electron chi connectivity index (χ3n) is 5.79. The van der Waals surface area contributed by atoms with Gasteiger partial charge in [-0.2, -0.15) is 31.4 Å². The number of nitrogens with one attached hydrogen (secondary N) is 2. The summed E-state index contributed by atoms with van der Waals surface area (Å²) in [5.41, 5.74) is -6.58. The van der Waals surface area contributed by atoms with E-state index >= 15 is 0 Å². The van der Waals surface area contributed by atoms with Crippen molar-refractivity contribution in [3.8, 4) is 11.3 Å². The molecule has 2 aromatic carbocycles. The average Bonchev–Trinajstić information content (AvgIpc) is 3.30. The van der Waals surface area contributed by atoms with Gasteiger partial charge in [-0.15, -0.1) is 0 Å². The summed E-state index contributed by atoms with van der Waals surface area (Å²) in [7, 11) is -4.17. The summed E-state index contributed by atoms with van der Waals surface area (Å²) in [5.74, 6) is -2.80. The number of carbonyl (C=O) groups excluding carboxylic acids is 1. The van der Waals surface area contributed by atoms with Crippen LogP contribution in [0.5, 0.6) is 0 Å². The number of hydrogen-bond donors (Lipinski definition) is 3. The van der Waals surface area contributed by atoms with Crippen LogP contribution in [0.15, 0.2) is 59.6 Å². The van der Waals surface area contributed by atoms with Crippen LogP contribution in [0.2, 0.25) is 0 Å². The molecule has 2 heterocycles. The van der Waals surface area contributed by atoms with E-state index in [1.807, 2.05) is 0 Å². The fraction of sp³-hybridized carbons (Fsp3) is 0.240. The molecule has 3 N–H and O–H groups in total. The van der Waals surface area contributed by atoms with Gasteiger partial charge in [-0.05, 0) is 50.2 Å². The highest BCUT2D eigenvalue weighted by Crippen LogP contribution is 2.36. The minimum absolute atomic E-state index is 0.0824. The number of anilines is 1. The van der Waals surface area contributed by atoms with Crippen LogP contribution in [0.1, 0.15) is 35.5 Å². The molecular formula is C25H20F7N5O4S. The lowest BCUT2D eigenvalue weighted by atomic mass is 10.1. The van der Waals surface area contributed by atoms with E-state index in [1.165, 1.54) is 32.0 Å². The highest BCUT2D eigenvalue weighted by Gasteiger charge is 2.37. The van der Waals surface area contributed by atoms with E-state index in [2.05, 4.69) is 20.1 Å². The van der Waals surface area contributed by atoms with Crippen molar-refractivity contribution in [1.82, 2.24) is 19.3 Å². The molecule has 0 unspecified atom stereocenters. The summed E-state index contributed by atoms with van der Waals surface area (Å²) in [5, 5.41) is 15.3. The predicted octanol–water partition coefficient (Wildman–Crippen LogP) is 4.87. The highest BCUT2D eigenvalue weighted by atomic mass is 32.2. The molecule has 4 rings (SSSR count). The summed E-state index contributed by atoms with van der Waals surface area (Å²) in [4.78, 5) is 16.7. The van der Waals surface area contributed by atoms with Crippen LogP contribution in [0.4, 0.5) is 36.4 Å². The smallest absolute Gasteiger partial charge is 0.394 e. The number of halogens is 7. The number of aliphatic hydroxyl groups excluding tert-OH is 1. The van der Waals surface area contributed by atoms with Gasteiger partial charge in [0.25, 0.3) is 5.91 Å². The topological polar surface area (TPSA) is 126 Å². The maximum Gasteiger partial charge on any atom is 0.433 e. The van der Waals surface area contributed by atoms with Crippen LogP contribution >= 0.6 is 0 Å². The van der Waals surface area contributed by atoms with Gasteiger partial charge in [0, 0.05) is 11.3 Å². The van der Waals surface area contributed by atoms with Crippen molar-refractivity contribution >= 4 is 27.3 Å². The minimum Gasteiger partial charge on any atom is -0.394 e. The lowest BCUT2D eigenvalue weighted by molar-refractivity contribution is -0.142. The second kappa shape index (κ2) is 10.6. The van der Waals surface area contributed by atoms with Crippen molar-refractivity contribution in [2.75, 3.05) is 11.9 Å². The average molecular weight is 620 g/mol. The molecule has 0 aliphatic heterocycles. The van der Waals surface area contributed by atoms with E-state index in [0.717, 1.165) is 18.3 Å². The Morgan fingerprint density at radius 1 is 1.00 bits per heavy atom. The zero-order valence-corrected chi connectivity index (χ0v) is 22.3. The molecular weight excluding hydrogens is 599 g/mol. The zero-order valence-electron chi connectivity index (χ0n) is 21.5. The molecule has 0 aliphatic carbocycles. The first-order chi connectivity index (χ1) is 19.3. The van der Waals surface area contributed by atoms with Crippen molar-refractivity contribution in [3.05, 3.63) is 77.4 Å². The Morgan fingerprint density at radius 2 is 1.69 bits per heavy atom. The first-order valence-corrected chi connectivity index (χ1v) is 13.2. The standard InChI is InChI=1S/C25H20F7N5O4S/c1-23(2,12-38)36-42(40,41)15-5-3-4-14(9-15)34-22(39)16-11-33-37-20(25(30,31)32)10-19(35-21(16)37)13-6-7-17(18(26)8-13)24(27,28)29/h3-11,36,38H,12H2,1-2H3,(H,34,39). The maximum absolute atomic E-state index is 14.2. The van der Waals surface area contributed by atoms with Crippen LogP contribution in [-0.4, -0.2) is 46.2 Å². The maximum atomic E-state index is 14.2. The molecule has 0 fully saturated rings. The molecule has 0 aliphatic rings. The number of aromatic nitrogens is 3. The molecule has 1 amide bonds. The van der Waals surface area contributed by atoms with E-state index in [4.69, 9.17) is 0 Å². The van der Waals surface area contributed by atoms with Gasteiger partial charge in [0.1, 0.15) is 11.4 Å². The number of benzene rings is 2. The number of aliphatic hydroxyl groups is 1. The SMILES string of the molecule is CC(C)(CO)NS(=O)(=O)c1cccc(NC(=O)c2cnn3c(C(F)(F)F)cc(-c4ccc(C(F)(F)F)c(F)c4)nc23)c1. The van der Waals surface area contributed by atoms with Crippen LogP contribution in [0.25, 0.3) is 16.9 Å². The Labute approximate surface area is 233 Å². The molecule has 2 aromatic heterocycles. The lowest BCUT2D eigenvalue weighted by Crippen LogP contribution is -2.46. The van der Waals surface area contributed by atoms with Gasteiger partial charge in [0.2, 0.25) is 10.0 Å². The van der Waals surface area contributed by atoms with Crippen molar-refractivity contribution in [2.24, 2.45) is 0 Å². The predicted molar refractivity (Wildman–Crippen MR) is 134 cm³/mol. The number of hydrogen-bond acceptors (Lipinski definition) is 6.